The fourth-order valence-electron chi connectivity index (χ4n) is 2.24. The number of nitrogens with zero attached hydrogens (tertiary/aromatic N) is 3. The van der Waals surface area contributed by atoms with Gasteiger partial charge in [-0.25, -0.2) is 18.7 Å². The Bertz CT molecular complexity index is 806. The van der Waals surface area contributed by atoms with Crippen LogP contribution in [0.1, 0.15) is 17.8 Å². The fourth-order valence-corrected chi connectivity index (χ4v) is 3.44. The zero-order chi connectivity index (χ0) is 15.7. The van der Waals surface area contributed by atoms with Gasteiger partial charge in [0.1, 0.15) is 5.82 Å². The number of benzene rings is 1. The third-order valence-electron chi connectivity index (χ3n) is 3.20. The predicted octanol–water partition coefficient (Wildman–Crippen LogP) is 5.03. The molecule has 0 N–H and O–H groups in total. The summed E-state index contributed by atoms with van der Waals surface area (Å²) in [5.41, 5.74) is 1.63. The van der Waals surface area contributed by atoms with Gasteiger partial charge in [0.25, 0.3) is 6.43 Å². The Morgan fingerprint density at radius 3 is 2.73 bits per heavy atom. The molecule has 0 fully saturated rings. The van der Waals surface area contributed by atoms with E-state index >= 15 is 0 Å². The normalized spacial score (nSPS) is 11.3. The molecular formula is C15H12BrF2N3S. The lowest BCUT2D eigenvalue weighted by molar-refractivity contribution is 0.141. The van der Waals surface area contributed by atoms with Gasteiger partial charge in [0.15, 0.2) is 5.82 Å². The molecule has 0 radical (unpaired) electrons. The standard InChI is InChI=1S/C15H12BrF2N3S/c1-21(7-9-6-12(16)22-8-9)15-10-4-2-3-5-11(10)19-14(20-15)13(17)18/h2-6,8,13H,7H2,1H3. The van der Waals surface area contributed by atoms with Crippen molar-refractivity contribution in [1.29, 1.82) is 0 Å². The monoisotopic (exact) mass is 383 g/mol. The van der Waals surface area contributed by atoms with Crippen molar-refractivity contribution in [1.82, 2.24) is 9.97 Å². The third-order valence-corrected chi connectivity index (χ3v) is 4.75. The number of para-hydroxylation sites is 1. The maximum atomic E-state index is 13.0. The number of halogens is 3. The highest BCUT2D eigenvalue weighted by Gasteiger charge is 2.17. The molecule has 3 rings (SSSR count). The molecule has 0 bridgehead atoms. The molecule has 114 valence electrons. The van der Waals surface area contributed by atoms with E-state index in [1.165, 1.54) is 0 Å². The summed E-state index contributed by atoms with van der Waals surface area (Å²) in [4.78, 5) is 9.86. The highest BCUT2D eigenvalue weighted by molar-refractivity contribution is 9.11. The molecule has 2 heterocycles. The largest absolute Gasteiger partial charge is 0.355 e. The van der Waals surface area contributed by atoms with E-state index in [2.05, 4.69) is 25.9 Å². The molecule has 0 unspecified atom stereocenters. The Morgan fingerprint density at radius 1 is 1.27 bits per heavy atom. The van der Waals surface area contributed by atoms with Gasteiger partial charge >= 0.3 is 0 Å². The number of aromatic nitrogens is 2. The summed E-state index contributed by atoms with van der Waals surface area (Å²) in [6.07, 6.45) is -2.69. The van der Waals surface area contributed by atoms with Crippen molar-refractivity contribution in [2.45, 2.75) is 13.0 Å². The summed E-state index contributed by atoms with van der Waals surface area (Å²) in [5, 5.41) is 2.79. The fraction of sp³-hybridized carbons (Fsp3) is 0.200. The zero-order valence-electron chi connectivity index (χ0n) is 11.6. The highest BCUT2D eigenvalue weighted by Crippen LogP contribution is 2.28. The second-order valence-electron chi connectivity index (χ2n) is 4.84. The van der Waals surface area contributed by atoms with Crippen LogP contribution in [0.15, 0.2) is 39.5 Å². The van der Waals surface area contributed by atoms with Crippen LogP contribution in [0.4, 0.5) is 14.6 Å². The minimum Gasteiger partial charge on any atom is -0.355 e. The molecule has 2 aromatic heterocycles. The molecule has 0 amide bonds. The van der Waals surface area contributed by atoms with E-state index in [9.17, 15) is 8.78 Å². The first-order chi connectivity index (χ1) is 10.5. The minimum absolute atomic E-state index is 0.438. The molecular weight excluding hydrogens is 372 g/mol. The van der Waals surface area contributed by atoms with E-state index in [1.807, 2.05) is 35.5 Å². The van der Waals surface area contributed by atoms with Crippen LogP contribution >= 0.6 is 27.3 Å². The van der Waals surface area contributed by atoms with Crippen molar-refractivity contribution in [2.24, 2.45) is 0 Å². The van der Waals surface area contributed by atoms with Crippen LogP contribution in [-0.2, 0) is 6.54 Å². The van der Waals surface area contributed by atoms with Crippen LogP contribution in [0, 0.1) is 0 Å². The minimum atomic E-state index is -2.69. The van der Waals surface area contributed by atoms with Gasteiger partial charge in [0, 0.05) is 19.0 Å². The Kier molecular flexibility index (Phi) is 4.35. The molecule has 0 atom stereocenters. The quantitative estimate of drug-likeness (QED) is 0.632. The molecule has 3 nitrogen and oxygen atoms in total. The Morgan fingerprint density at radius 2 is 2.05 bits per heavy atom. The van der Waals surface area contributed by atoms with Gasteiger partial charge < -0.3 is 4.90 Å². The Hall–Kier alpha value is -1.60. The predicted molar refractivity (Wildman–Crippen MR) is 88.6 cm³/mol. The molecule has 0 aliphatic heterocycles. The molecule has 7 heteroatoms. The van der Waals surface area contributed by atoms with Gasteiger partial charge in [-0.2, -0.15) is 0 Å². The van der Waals surface area contributed by atoms with Crippen LogP contribution in [0.25, 0.3) is 10.9 Å². The first-order valence-electron chi connectivity index (χ1n) is 6.53. The maximum Gasteiger partial charge on any atom is 0.297 e. The summed E-state index contributed by atoms with van der Waals surface area (Å²) >= 11 is 5.01. The van der Waals surface area contributed by atoms with Crippen molar-refractivity contribution < 1.29 is 8.78 Å². The van der Waals surface area contributed by atoms with Gasteiger partial charge in [0.2, 0.25) is 0 Å². The van der Waals surface area contributed by atoms with Crippen LogP contribution in [-0.4, -0.2) is 17.0 Å². The van der Waals surface area contributed by atoms with E-state index < -0.39 is 12.2 Å². The van der Waals surface area contributed by atoms with Crippen molar-refractivity contribution in [3.63, 3.8) is 0 Å². The summed E-state index contributed by atoms with van der Waals surface area (Å²) in [6.45, 7) is 0.589. The van der Waals surface area contributed by atoms with Crippen molar-refractivity contribution in [3.8, 4) is 0 Å². The zero-order valence-corrected chi connectivity index (χ0v) is 14.0. The van der Waals surface area contributed by atoms with Gasteiger partial charge in [-0.3, -0.25) is 0 Å². The van der Waals surface area contributed by atoms with Crippen molar-refractivity contribution in [3.05, 3.63) is 50.9 Å². The lowest BCUT2D eigenvalue weighted by Gasteiger charge is -2.20. The van der Waals surface area contributed by atoms with Gasteiger partial charge in [-0.05, 0) is 45.1 Å². The second-order valence-corrected chi connectivity index (χ2v) is 7.13. The average Bonchev–Trinajstić information content (AvgIpc) is 2.91. The molecule has 3 aromatic rings. The van der Waals surface area contributed by atoms with E-state index in [-0.39, 0.29) is 0 Å². The molecule has 0 saturated heterocycles. The average molecular weight is 384 g/mol. The maximum absolute atomic E-state index is 13.0. The van der Waals surface area contributed by atoms with E-state index in [1.54, 1.807) is 23.5 Å². The number of fused-ring (bicyclic) bond motifs is 1. The number of rotatable bonds is 4. The van der Waals surface area contributed by atoms with E-state index in [4.69, 9.17) is 0 Å². The number of hydrogen-bond acceptors (Lipinski definition) is 4. The summed E-state index contributed by atoms with van der Waals surface area (Å²) in [7, 11) is 1.84. The van der Waals surface area contributed by atoms with Crippen molar-refractivity contribution >= 4 is 44.0 Å². The molecule has 22 heavy (non-hydrogen) atoms. The topological polar surface area (TPSA) is 29.0 Å². The lowest BCUT2D eigenvalue weighted by Crippen LogP contribution is -2.19. The summed E-state index contributed by atoms with van der Waals surface area (Å²) in [6, 6.07) is 9.22. The van der Waals surface area contributed by atoms with Crippen molar-refractivity contribution in [2.75, 3.05) is 11.9 Å². The SMILES string of the molecule is CN(Cc1csc(Br)c1)c1nc(C(F)F)nc2ccccc12. The molecule has 1 aromatic carbocycles. The molecule has 0 aliphatic rings. The van der Waals surface area contributed by atoms with E-state index in [0.717, 1.165) is 14.7 Å². The first kappa shape index (κ1) is 15.3. The lowest BCUT2D eigenvalue weighted by atomic mass is 10.2. The van der Waals surface area contributed by atoms with Gasteiger partial charge in [-0.1, -0.05) is 12.1 Å². The Labute approximate surface area is 138 Å². The van der Waals surface area contributed by atoms with Crippen LogP contribution in [0.2, 0.25) is 0 Å². The summed E-state index contributed by atoms with van der Waals surface area (Å²) < 4.78 is 27.1. The number of thiophene rings is 1. The number of alkyl halides is 2. The molecule has 0 saturated carbocycles. The van der Waals surface area contributed by atoms with Gasteiger partial charge in [0.05, 0.1) is 9.30 Å². The third kappa shape index (κ3) is 3.10. The van der Waals surface area contributed by atoms with Crippen LogP contribution < -0.4 is 4.90 Å². The molecule has 0 aliphatic carbocycles. The van der Waals surface area contributed by atoms with Crippen LogP contribution in [0.3, 0.4) is 0 Å². The summed E-state index contributed by atoms with van der Waals surface area (Å²) in [5.74, 6) is 0.0790. The number of anilines is 1. The molecule has 0 spiro atoms. The van der Waals surface area contributed by atoms with E-state index in [0.29, 0.717) is 17.9 Å². The van der Waals surface area contributed by atoms with Crippen LogP contribution in [0.5, 0.6) is 0 Å². The second kappa shape index (κ2) is 6.26. The smallest absolute Gasteiger partial charge is 0.297 e. The highest BCUT2D eigenvalue weighted by atomic mass is 79.9. The first-order valence-corrected chi connectivity index (χ1v) is 8.20. The Balaban J connectivity index is 2.03. The van der Waals surface area contributed by atoms with Gasteiger partial charge in [-0.15, -0.1) is 11.3 Å². The number of hydrogen-bond donors (Lipinski definition) is 0.